The lowest BCUT2D eigenvalue weighted by Crippen LogP contribution is -2.52. The molecule has 0 aromatic heterocycles. The Bertz CT molecular complexity index is 572. The van der Waals surface area contributed by atoms with Crippen LogP contribution in [0.3, 0.4) is 0 Å². The Morgan fingerprint density at radius 2 is 1.62 bits per heavy atom. The van der Waals surface area contributed by atoms with Gasteiger partial charge in [0.05, 0.1) is 5.25 Å². The van der Waals surface area contributed by atoms with Crippen molar-refractivity contribution in [2.24, 2.45) is 11.8 Å². The second-order valence-electron chi connectivity index (χ2n) is 8.96. The van der Waals surface area contributed by atoms with E-state index in [-0.39, 0.29) is 17.1 Å². The second kappa shape index (κ2) is 8.59. The van der Waals surface area contributed by atoms with Crippen LogP contribution in [0.2, 0.25) is 0 Å². The van der Waals surface area contributed by atoms with Gasteiger partial charge >= 0.3 is 0 Å². The van der Waals surface area contributed by atoms with Crippen LogP contribution in [-0.4, -0.2) is 55.4 Å². The highest BCUT2D eigenvalue weighted by atomic mass is 32.2. The molecule has 2 saturated carbocycles. The van der Waals surface area contributed by atoms with Crippen molar-refractivity contribution in [3.05, 3.63) is 0 Å². The molecule has 0 bridgehead atoms. The van der Waals surface area contributed by atoms with E-state index in [1.165, 1.54) is 12.8 Å². The molecule has 26 heavy (non-hydrogen) atoms. The number of amides is 1. The summed E-state index contributed by atoms with van der Waals surface area (Å²) in [7, 11) is -3.41. The maximum Gasteiger partial charge on any atom is 0.241 e. The Morgan fingerprint density at radius 1 is 1.00 bits per heavy atom. The van der Waals surface area contributed by atoms with Gasteiger partial charge in [0.15, 0.2) is 9.84 Å². The van der Waals surface area contributed by atoms with E-state index >= 15 is 0 Å². The predicted octanol–water partition coefficient (Wildman–Crippen LogP) is 2.75. The molecule has 1 heterocycles. The molecule has 3 aliphatic rings. The Kier molecular flexibility index (Phi) is 6.65. The van der Waals surface area contributed by atoms with Crippen molar-refractivity contribution in [1.82, 2.24) is 10.2 Å². The molecule has 2 aliphatic carbocycles. The molecule has 0 radical (unpaired) electrons. The lowest BCUT2D eigenvalue weighted by atomic mass is 10.0. The minimum absolute atomic E-state index is 0.147. The van der Waals surface area contributed by atoms with E-state index in [1.54, 1.807) is 0 Å². The summed E-state index contributed by atoms with van der Waals surface area (Å²) in [6.45, 7) is 6.23. The van der Waals surface area contributed by atoms with Crippen molar-refractivity contribution in [3.8, 4) is 0 Å². The van der Waals surface area contributed by atoms with E-state index in [1.807, 2.05) is 18.7 Å². The third kappa shape index (κ3) is 4.80. The van der Waals surface area contributed by atoms with Crippen LogP contribution in [0.25, 0.3) is 0 Å². The number of carbonyl (C=O) groups excluding carboxylic acids is 1. The zero-order chi connectivity index (χ0) is 18.7. The minimum atomic E-state index is -3.41. The van der Waals surface area contributed by atoms with Gasteiger partial charge in [-0.15, -0.1) is 0 Å². The van der Waals surface area contributed by atoms with Gasteiger partial charge in [-0.2, -0.15) is 0 Å². The summed E-state index contributed by atoms with van der Waals surface area (Å²) < 4.78 is 26.4. The maximum absolute atomic E-state index is 13.2. The fourth-order valence-corrected chi connectivity index (χ4v) is 7.14. The molecule has 1 saturated heterocycles. The van der Waals surface area contributed by atoms with Crippen molar-refractivity contribution >= 4 is 15.7 Å². The Morgan fingerprint density at radius 3 is 2.15 bits per heavy atom. The monoisotopic (exact) mass is 384 g/mol. The first kappa shape index (κ1) is 20.1. The van der Waals surface area contributed by atoms with Crippen molar-refractivity contribution < 1.29 is 13.2 Å². The molecule has 3 fully saturated rings. The zero-order valence-electron chi connectivity index (χ0n) is 16.5. The van der Waals surface area contributed by atoms with Crippen LogP contribution >= 0.6 is 0 Å². The summed E-state index contributed by atoms with van der Waals surface area (Å²) in [5.41, 5.74) is 0. The van der Waals surface area contributed by atoms with Gasteiger partial charge in [-0.1, -0.05) is 33.1 Å². The highest BCUT2D eigenvalue weighted by Crippen LogP contribution is 2.31. The van der Waals surface area contributed by atoms with Crippen LogP contribution < -0.4 is 5.32 Å². The number of sulfone groups is 1. The number of likely N-dealkylation sites (tertiary alicyclic amines) is 1. The Balaban J connectivity index is 1.59. The smallest absolute Gasteiger partial charge is 0.241 e. The standard InChI is InChI=1S/C20H36N2O3S/c1-15(2)19(26(24,25)18-6-4-3-5-7-18)20(23)22-12-10-17(11-13-22)21-14-16-8-9-16/h15-19,21H,3-14H2,1-2H3. The summed E-state index contributed by atoms with van der Waals surface area (Å²) in [5.74, 6) is 0.548. The molecule has 1 N–H and O–H groups in total. The number of rotatable bonds is 7. The van der Waals surface area contributed by atoms with E-state index in [0.29, 0.717) is 19.1 Å². The normalized spacial score (nSPS) is 24.8. The number of hydrogen-bond donors (Lipinski definition) is 1. The van der Waals surface area contributed by atoms with Crippen molar-refractivity contribution in [1.29, 1.82) is 0 Å². The highest BCUT2D eigenvalue weighted by molar-refractivity contribution is 7.93. The van der Waals surface area contributed by atoms with E-state index in [4.69, 9.17) is 0 Å². The van der Waals surface area contributed by atoms with Crippen molar-refractivity contribution in [2.45, 2.75) is 88.2 Å². The summed E-state index contributed by atoms with van der Waals surface area (Å²) in [5, 5.41) is 2.45. The lowest BCUT2D eigenvalue weighted by molar-refractivity contribution is -0.132. The van der Waals surface area contributed by atoms with Crippen LogP contribution in [-0.2, 0) is 14.6 Å². The van der Waals surface area contributed by atoms with Crippen molar-refractivity contribution in [3.63, 3.8) is 0 Å². The molecule has 5 nitrogen and oxygen atoms in total. The molecule has 1 atom stereocenters. The predicted molar refractivity (Wildman–Crippen MR) is 105 cm³/mol. The molecule has 0 aromatic rings. The van der Waals surface area contributed by atoms with Crippen LogP contribution in [0.5, 0.6) is 0 Å². The van der Waals surface area contributed by atoms with Gasteiger partial charge in [0.2, 0.25) is 5.91 Å². The van der Waals surface area contributed by atoms with Gasteiger partial charge in [-0.05, 0) is 56.9 Å². The Hall–Kier alpha value is -0.620. The lowest BCUT2D eigenvalue weighted by Gasteiger charge is -2.36. The largest absolute Gasteiger partial charge is 0.341 e. The SMILES string of the molecule is CC(C)C(C(=O)N1CCC(NCC2CC2)CC1)S(=O)(=O)C1CCCCC1. The van der Waals surface area contributed by atoms with Crippen molar-refractivity contribution in [2.75, 3.05) is 19.6 Å². The number of nitrogens with one attached hydrogen (secondary N) is 1. The molecular formula is C20H36N2O3S. The molecule has 150 valence electrons. The van der Waals surface area contributed by atoms with Crippen LogP contribution in [0.4, 0.5) is 0 Å². The van der Waals surface area contributed by atoms with Crippen LogP contribution in [0.15, 0.2) is 0 Å². The fraction of sp³-hybridized carbons (Fsp3) is 0.950. The van der Waals surface area contributed by atoms with Crippen LogP contribution in [0, 0.1) is 11.8 Å². The van der Waals surface area contributed by atoms with Gasteiger partial charge in [0, 0.05) is 19.1 Å². The zero-order valence-corrected chi connectivity index (χ0v) is 17.3. The van der Waals surface area contributed by atoms with E-state index in [0.717, 1.165) is 57.4 Å². The van der Waals surface area contributed by atoms with Gasteiger partial charge in [-0.25, -0.2) is 8.42 Å². The molecule has 1 unspecified atom stereocenters. The summed E-state index contributed by atoms with van der Waals surface area (Å²) >= 11 is 0. The topological polar surface area (TPSA) is 66.5 Å². The minimum Gasteiger partial charge on any atom is -0.341 e. The highest BCUT2D eigenvalue weighted by Gasteiger charge is 2.43. The number of piperidine rings is 1. The molecular weight excluding hydrogens is 348 g/mol. The first-order chi connectivity index (χ1) is 12.4. The fourth-order valence-electron chi connectivity index (χ4n) is 4.55. The Labute approximate surface area is 159 Å². The first-order valence-corrected chi connectivity index (χ1v) is 12.3. The summed E-state index contributed by atoms with van der Waals surface area (Å²) in [6.07, 6.45) is 9.09. The molecule has 0 aromatic carbocycles. The summed E-state index contributed by atoms with van der Waals surface area (Å²) in [6, 6.07) is 0.479. The van der Waals surface area contributed by atoms with Gasteiger partial charge in [-0.3, -0.25) is 4.79 Å². The van der Waals surface area contributed by atoms with Crippen LogP contribution in [0.1, 0.15) is 71.6 Å². The molecule has 1 aliphatic heterocycles. The van der Waals surface area contributed by atoms with E-state index < -0.39 is 15.1 Å². The van der Waals surface area contributed by atoms with E-state index in [2.05, 4.69) is 5.32 Å². The average Bonchev–Trinajstić information content (AvgIpc) is 3.45. The summed E-state index contributed by atoms with van der Waals surface area (Å²) in [4.78, 5) is 15.0. The average molecular weight is 385 g/mol. The molecule has 3 rings (SSSR count). The quantitative estimate of drug-likeness (QED) is 0.733. The third-order valence-corrected chi connectivity index (χ3v) is 9.27. The third-order valence-electron chi connectivity index (χ3n) is 6.42. The molecule has 1 amide bonds. The first-order valence-electron chi connectivity index (χ1n) is 10.6. The number of carbonyl (C=O) groups is 1. The maximum atomic E-state index is 13.2. The molecule has 0 spiro atoms. The second-order valence-corrected chi connectivity index (χ2v) is 11.3. The van der Waals surface area contributed by atoms with Gasteiger partial charge in [0.1, 0.15) is 5.25 Å². The van der Waals surface area contributed by atoms with Gasteiger partial charge in [0.25, 0.3) is 0 Å². The van der Waals surface area contributed by atoms with E-state index in [9.17, 15) is 13.2 Å². The molecule has 6 heteroatoms. The van der Waals surface area contributed by atoms with Gasteiger partial charge < -0.3 is 10.2 Å². The number of hydrogen-bond acceptors (Lipinski definition) is 4. The number of nitrogens with zero attached hydrogens (tertiary/aromatic N) is 1.